The van der Waals surface area contributed by atoms with Gasteiger partial charge in [-0.25, -0.2) is 5.48 Å². The number of nitrogens with zero attached hydrogens (tertiary/aromatic N) is 2. The van der Waals surface area contributed by atoms with Crippen molar-refractivity contribution in [1.29, 1.82) is 0 Å². The third kappa shape index (κ3) is 7.09. The van der Waals surface area contributed by atoms with Crippen LogP contribution in [0.4, 0.5) is 0 Å². The number of hydroxylamine groups is 1. The second kappa shape index (κ2) is 13.2. The SMILES string of the molecule is COc1ccc2ncc(Cl)c(CCCC3(C(=O)NO)CCN(CCCSc4cccc(Cl)c4)CC3)c2c1. The minimum Gasteiger partial charge on any atom is -0.497 e. The fourth-order valence-corrected chi connectivity index (χ4v) is 6.53. The molecular weight excluding hydrogens is 529 g/mol. The zero-order valence-corrected chi connectivity index (χ0v) is 23.3. The van der Waals surface area contributed by atoms with E-state index in [1.807, 2.05) is 53.6 Å². The van der Waals surface area contributed by atoms with Crippen molar-refractivity contribution in [3.05, 3.63) is 64.3 Å². The molecule has 198 valence electrons. The summed E-state index contributed by atoms with van der Waals surface area (Å²) in [5.41, 5.74) is 3.25. The number of aromatic nitrogens is 1. The van der Waals surface area contributed by atoms with E-state index in [9.17, 15) is 10.0 Å². The summed E-state index contributed by atoms with van der Waals surface area (Å²) in [6, 6.07) is 13.7. The summed E-state index contributed by atoms with van der Waals surface area (Å²) < 4.78 is 5.39. The number of halogens is 2. The van der Waals surface area contributed by atoms with Crippen LogP contribution < -0.4 is 10.2 Å². The molecule has 9 heteroatoms. The van der Waals surface area contributed by atoms with Gasteiger partial charge in [-0.2, -0.15) is 0 Å². The first-order chi connectivity index (χ1) is 17.9. The molecule has 2 aromatic carbocycles. The maximum absolute atomic E-state index is 12.8. The number of fused-ring (bicyclic) bond motifs is 1. The van der Waals surface area contributed by atoms with E-state index in [0.717, 1.165) is 84.7 Å². The van der Waals surface area contributed by atoms with Gasteiger partial charge in [0.05, 0.1) is 23.1 Å². The number of hydrogen-bond donors (Lipinski definition) is 2. The van der Waals surface area contributed by atoms with Gasteiger partial charge in [-0.3, -0.25) is 15.0 Å². The van der Waals surface area contributed by atoms with E-state index < -0.39 is 5.41 Å². The van der Waals surface area contributed by atoms with Crippen LogP contribution in [0, 0.1) is 5.41 Å². The number of amides is 1. The molecule has 0 radical (unpaired) electrons. The number of ether oxygens (including phenoxy) is 1. The Bertz CT molecular complexity index is 1220. The molecule has 3 aromatic rings. The van der Waals surface area contributed by atoms with Crippen LogP contribution in [-0.4, -0.2) is 53.5 Å². The highest BCUT2D eigenvalue weighted by Crippen LogP contribution is 2.38. The van der Waals surface area contributed by atoms with Gasteiger partial charge in [-0.05, 0) is 106 Å². The predicted molar refractivity (Wildman–Crippen MR) is 151 cm³/mol. The van der Waals surface area contributed by atoms with Crippen LogP contribution in [-0.2, 0) is 11.2 Å². The quantitative estimate of drug-likeness (QED) is 0.118. The Hall–Kier alpha value is -2.03. The van der Waals surface area contributed by atoms with Crippen LogP contribution in [0.5, 0.6) is 5.75 Å². The molecule has 0 aliphatic carbocycles. The number of carbonyl (C=O) groups excluding carboxylic acids is 1. The predicted octanol–water partition coefficient (Wildman–Crippen LogP) is 6.64. The second-order valence-corrected chi connectivity index (χ2v) is 11.6. The summed E-state index contributed by atoms with van der Waals surface area (Å²) in [6.45, 7) is 2.67. The molecule has 1 saturated heterocycles. The summed E-state index contributed by atoms with van der Waals surface area (Å²) >= 11 is 14.4. The lowest BCUT2D eigenvalue weighted by Gasteiger charge is -2.40. The van der Waals surface area contributed by atoms with Crippen molar-refractivity contribution >= 4 is 51.8 Å². The Morgan fingerprint density at radius 1 is 1.19 bits per heavy atom. The fourth-order valence-electron chi connectivity index (χ4n) is 5.14. The topological polar surface area (TPSA) is 74.7 Å². The van der Waals surface area contributed by atoms with E-state index in [0.29, 0.717) is 11.4 Å². The Balaban J connectivity index is 1.32. The van der Waals surface area contributed by atoms with Gasteiger partial charge in [0.15, 0.2) is 0 Å². The van der Waals surface area contributed by atoms with Gasteiger partial charge in [-0.15, -0.1) is 11.8 Å². The van der Waals surface area contributed by atoms with E-state index in [1.165, 1.54) is 4.90 Å². The van der Waals surface area contributed by atoms with Gasteiger partial charge < -0.3 is 9.64 Å². The molecule has 0 atom stereocenters. The van der Waals surface area contributed by atoms with Crippen molar-refractivity contribution in [3.8, 4) is 5.75 Å². The maximum Gasteiger partial charge on any atom is 0.249 e. The normalized spacial score (nSPS) is 15.6. The van der Waals surface area contributed by atoms with Crippen molar-refractivity contribution in [2.45, 2.75) is 43.4 Å². The number of methoxy groups -OCH3 is 1. The molecule has 2 heterocycles. The van der Waals surface area contributed by atoms with Gasteiger partial charge in [-0.1, -0.05) is 29.3 Å². The summed E-state index contributed by atoms with van der Waals surface area (Å²) in [4.78, 5) is 20.8. The molecule has 0 saturated carbocycles. The fraction of sp³-hybridized carbons (Fsp3) is 0.429. The van der Waals surface area contributed by atoms with E-state index in [1.54, 1.807) is 13.3 Å². The van der Waals surface area contributed by atoms with E-state index >= 15 is 0 Å². The van der Waals surface area contributed by atoms with Crippen LogP contribution >= 0.6 is 35.0 Å². The minimum absolute atomic E-state index is 0.281. The van der Waals surface area contributed by atoms with Gasteiger partial charge in [0.1, 0.15) is 5.75 Å². The smallest absolute Gasteiger partial charge is 0.249 e. The zero-order valence-electron chi connectivity index (χ0n) is 21.0. The molecule has 2 N–H and O–H groups in total. The molecule has 1 amide bonds. The van der Waals surface area contributed by atoms with Crippen molar-refractivity contribution in [1.82, 2.24) is 15.4 Å². The summed E-state index contributed by atoms with van der Waals surface area (Å²) in [5, 5.41) is 11.9. The lowest BCUT2D eigenvalue weighted by atomic mass is 9.73. The second-order valence-electron chi connectivity index (χ2n) is 9.54. The zero-order chi connectivity index (χ0) is 26.3. The lowest BCUT2D eigenvalue weighted by molar-refractivity contribution is -0.143. The summed E-state index contributed by atoms with van der Waals surface area (Å²) in [5.74, 6) is 1.49. The largest absolute Gasteiger partial charge is 0.497 e. The van der Waals surface area contributed by atoms with Crippen LogP contribution in [0.2, 0.25) is 10.0 Å². The monoisotopic (exact) mass is 561 g/mol. The number of benzene rings is 2. The average Bonchev–Trinajstić information content (AvgIpc) is 2.92. The molecular formula is C28H33Cl2N3O3S. The van der Waals surface area contributed by atoms with Gasteiger partial charge in [0.25, 0.3) is 0 Å². The summed E-state index contributed by atoms with van der Waals surface area (Å²) in [6.07, 6.45) is 6.37. The number of nitrogens with one attached hydrogen (secondary N) is 1. The molecule has 4 rings (SSSR count). The molecule has 1 aliphatic heterocycles. The van der Waals surface area contributed by atoms with Crippen molar-refractivity contribution in [2.24, 2.45) is 5.41 Å². The van der Waals surface area contributed by atoms with Crippen LogP contribution in [0.15, 0.2) is 53.6 Å². The molecule has 1 aliphatic rings. The van der Waals surface area contributed by atoms with Crippen molar-refractivity contribution in [2.75, 3.05) is 32.5 Å². The number of rotatable bonds is 11. The standard InChI is InChI=1S/C28H33Cl2N3O3S/c1-36-21-8-9-26-24(18-21)23(25(30)19-31-26)7-3-10-28(27(34)32-35)11-14-33(15-12-28)13-4-16-37-22-6-2-5-20(29)17-22/h2,5-6,8-9,17-19,35H,3-4,7,10-16H2,1H3,(H,32,34). The number of pyridine rings is 1. The highest BCUT2D eigenvalue weighted by Gasteiger charge is 2.40. The Kier molecular flexibility index (Phi) is 9.96. The first-order valence-corrected chi connectivity index (χ1v) is 14.3. The highest BCUT2D eigenvalue weighted by molar-refractivity contribution is 7.99. The number of carbonyl (C=O) groups is 1. The third-order valence-corrected chi connectivity index (χ3v) is 8.94. The van der Waals surface area contributed by atoms with Crippen molar-refractivity contribution in [3.63, 3.8) is 0 Å². The van der Waals surface area contributed by atoms with Gasteiger partial charge in [0, 0.05) is 21.5 Å². The Morgan fingerprint density at radius 2 is 2.00 bits per heavy atom. The van der Waals surface area contributed by atoms with E-state index in [4.69, 9.17) is 27.9 Å². The number of piperidine rings is 1. The van der Waals surface area contributed by atoms with E-state index in [-0.39, 0.29) is 5.91 Å². The number of aryl methyl sites for hydroxylation is 1. The number of hydrogen-bond acceptors (Lipinski definition) is 6. The van der Waals surface area contributed by atoms with Gasteiger partial charge in [0.2, 0.25) is 5.91 Å². The molecule has 6 nitrogen and oxygen atoms in total. The molecule has 0 bridgehead atoms. The first-order valence-electron chi connectivity index (χ1n) is 12.6. The van der Waals surface area contributed by atoms with Gasteiger partial charge >= 0.3 is 0 Å². The van der Waals surface area contributed by atoms with E-state index in [2.05, 4.69) is 16.0 Å². The van der Waals surface area contributed by atoms with Crippen LogP contribution in [0.3, 0.4) is 0 Å². The number of thioether (sulfide) groups is 1. The highest BCUT2D eigenvalue weighted by atomic mass is 35.5. The molecule has 37 heavy (non-hydrogen) atoms. The minimum atomic E-state index is -0.576. The average molecular weight is 563 g/mol. The molecule has 1 fully saturated rings. The molecule has 0 spiro atoms. The van der Waals surface area contributed by atoms with Crippen LogP contribution in [0.1, 0.15) is 37.7 Å². The lowest BCUT2D eigenvalue weighted by Crippen LogP contribution is -2.48. The maximum atomic E-state index is 12.8. The Morgan fingerprint density at radius 3 is 2.73 bits per heavy atom. The van der Waals surface area contributed by atoms with Crippen LogP contribution in [0.25, 0.3) is 10.9 Å². The first kappa shape index (κ1) is 28.0. The third-order valence-electron chi connectivity index (χ3n) is 7.30. The molecule has 0 unspecified atom stereocenters. The molecule has 1 aromatic heterocycles. The number of likely N-dealkylation sites (tertiary alicyclic amines) is 1. The summed E-state index contributed by atoms with van der Waals surface area (Å²) in [7, 11) is 1.64. The Labute approximate surface area is 232 Å². The van der Waals surface area contributed by atoms with Crippen molar-refractivity contribution < 1.29 is 14.7 Å².